The van der Waals surface area contributed by atoms with Crippen LogP contribution in [-0.4, -0.2) is 70.6 Å². The first-order chi connectivity index (χ1) is 12.0. The molecule has 3 rings (SSSR count). The Hall–Kier alpha value is -0.520. The number of esters is 1. The lowest BCUT2D eigenvalue weighted by Gasteiger charge is -2.45. The molecule has 1 unspecified atom stereocenters. The number of hydrogen-bond donors (Lipinski definition) is 0. The standard InChI is InChI=1S/C20H34N2O2S/c1-5-21(6-2)11-12-25-17-13-16-14-19(23)24-20(16,4)18-9-7-8-10-22(18)15(17)3/h14-15,17-18H,5-13H2,1-4H3/t15-,17?,18+,20-/m0/s1. The molecule has 3 aliphatic heterocycles. The molecule has 3 heterocycles. The van der Waals surface area contributed by atoms with Crippen LogP contribution in [0.4, 0.5) is 0 Å². The Morgan fingerprint density at radius 1 is 1.36 bits per heavy atom. The first kappa shape index (κ1) is 19.2. The Kier molecular flexibility index (Phi) is 6.17. The molecule has 2 fully saturated rings. The van der Waals surface area contributed by atoms with Crippen LogP contribution in [0.25, 0.3) is 0 Å². The maximum absolute atomic E-state index is 12.0. The Balaban J connectivity index is 1.76. The van der Waals surface area contributed by atoms with Gasteiger partial charge in [0.15, 0.2) is 0 Å². The summed E-state index contributed by atoms with van der Waals surface area (Å²) in [7, 11) is 0. The summed E-state index contributed by atoms with van der Waals surface area (Å²) in [4.78, 5) is 17.2. The predicted molar refractivity (Wildman–Crippen MR) is 105 cm³/mol. The Bertz CT molecular complexity index is 520. The van der Waals surface area contributed by atoms with Gasteiger partial charge < -0.3 is 9.64 Å². The minimum absolute atomic E-state index is 0.135. The molecule has 0 spiro atoms. The summed E-state index contributed by atoms with van der Waals surface area (Å²) < 4.78 is 5.89. The van der Waals surface area contributed by atoms with Gasteiger partial charge in [-0.25, -0.2) is 4.79 Å². The number of piperidine rings is 1. The quantitative estimate of drug-likeness (QED) is 0.674. The molecular formula is C20H34N2O2S. The Labute approximate surface area is 157 Å². The van der Waals surface area contributed by atoms with E-state index in [-0.39, 0.29) is 5.97 Å². The molecule has 0 N–H and O–H groups in total. The minimum atomic E-state index is -0.403. The molecule has 0 saturated carbocycles. The Morgan fingerprint density at radius 3 is 2.84 bits per heavy atom. The van der Waals surface area contributed by atoms with E-state index in [0.717, 1.165) is 44.8 Å². The number of hydrogen-bond acceptors (Lipinski definition) is 5. The van der Waals surface area contributed by atoms with Gasteiger partial charge in [0.2, 0.25) is 0 Å². The van der Waals surface area contributed by atoms with Crippen molar-refractivity contribution in [3.8, 4) is 0 Å². The zero-order chi connectivity index (χ0) is 18.0. The average Bonchev–Trinajstić information content (AvgIpc) is 2.87. The number of fused-ring (bicyclic) bond motifs is 3. The van der Waals surface area contributed by atoms with Gasteiger partial charge in [-0.2, -0.15) is 11.8 Å². The zero-order valence-electron chi connectivity index (χ0n) is 16.3. The van der Waals surface area contributed by atoms with E-state index in [1.807, 2.05) is 0 Å². The first-order valence-corrected chi connectivity index (χ1v) is 11.1. The van der Waals surface area contributed by atoms with Crippen LogP contribution < -0.4 is 0 Å². The second-order valence-electron chi connectivity index (χ2n) is 7.83. The van der Waals surface area contributed by atoms with Crippen LogP contribution in [0.1, 0.15) is 53.4 Å². The number of ether oxygens (including phenoxy) is 1. The zero-order valence-corrected chi connectivity index (χ0v) is 17.1. The lowest BCUT2D eigenvalue weighted by molar-refractivity contribution is -0.151. The van der Waals surface area contributed by atoms with Gasteiger partial charge >= 0.3 is 5.97 Å². The molecule has 0 bridgehead atoms. The summed E-state index contributed by atoms with van der Waals surface area (Å²) in [5.74, 6) is 1.03. The molecule has 0 aromatic carbocycles. The van der Waals surface area contributed by atoms with Crippen molar-refractivity contribution in [3.05, 3.63) is 11.6 Å². The van der Waals surface area contributed by atoms with E-state index in [0.29, 0.717) is 17.3 Å². The molecule has 4 atom stereocenters. The third-order valence-corrected chi connectivity index (χ3v) is 7.95. The largest absolute Gasteiger partial charge is 0.450 e. The molecule has 4 nitrogen and oxygen atoms in total. The number of thioether (sulfide) groups is 1. The maximum atomic E-state index is 12.0. The van der Waals surface area contributed by atoms with Crippen molar-refractivity contribution in [2.45, 2.75) is 76.3 Å². The SMILES string of the molecule is CCN(CC)CCSC1CC2=CC(=O)O[C@]2(C)[C@H]2CCCCN2[C@H]1C. The predicted octanol–water partition coefficient (Wildman–Crippen LogP) is 3.32. The molecule has 0 radical (unpaired) electrons. The van der Waals surface area contributed by atoms with E-state index in [1.165, 1.54) is 18.4 Å². The van der Waals surface area contributed by atoms with Crippen LogP contribution in [-0.2, 0) is 9.53 Å². The first-order valence-electron chi connectivity index (χ1n) is 10.0. The van der Waals surface area contributed by atoms with E-state index in [2.05, 4.69) is 49.3 Å². The third-order valence-electron chi connectivity index (χ3n) is 6.54. The molecule has 142 valence electrons. The fourth-order valence-electron chi connectivity index (χ4n) is 4.84. The minimum Gasteiger partial charge on any atom is -0.450 e. The molecule has 3 aliphatic rings. The summed E-state index contributed by atoms with van der Waals surface area (Å²) in [6.07, 6.45) is 6.43. The van der Waals surface area contributed by atoms with Crippen molar-refractivity contribution in [1.29, 1.82) is 0 Å². The molecule has 0 aliphatic carbocycles. The lowest BCUT2D eigenvalue weighted by atomic mass is 9.83. The van der Waals surface area contributed by atoms with Gasteiger partial charge in [-0.3, -0.25) is 4.90 Å². The van der Waals surface area contributed by atoms with E-state index in [1.54, 1.807) is 6.08 Å². The van der Waals surface area contributed by atoms with Crippen LogP contribution >= 0.6 is 11.8 Å². The average molecular weight is 367 g/mol. The smallest absolute Gasteiger partial charge is 0.331 e. The highest BCUT2D eigenvalue weighted by Crippen LogP contribution is 2.46. The van der Waals surface area contributed by atoms with Gasteiger partial charge in [0.05, 0.1) is 6.04 Å². The summed E-state index contributed by atoms with van der Waals surface area (Å²) in [5, 5.41) is 0.540. The van der Waals surface area contributed by atoms with Gasteiger partial charge in [-0.1, -0.05) is 20.3 Å². The van der Waals surface area contributed by atoms with Crippen LogP contribution in [0.3, 0.4) is 0 Å². The van der Waals surface area contributed by atoms with Gasteiger partial charge in [-0.15, -0.1) is 0 Å². The van der Waals surface area contributed by atoms with E-state index < -0.39 is 5.60 Å². The van der Waals surface area contributed by atoms with E-state index >= 15 is 0 Å². The molecular weight excluding hydrogens is 332 g/mol. The second-order valence-corrected chi connectivity index (χ2v) is 9.18. The van der Waals surface area contributed by atoms with Crippen molar-refractivity contribution >= 4 is 17.7 Å². The summed E-state index contributed by atoms with van der Waals surface area (Å²) in [6, 6.07) is 0.886. The topological polar surface area (TPSA) is 32.8 Å². The van der Waals surface area contributed by atoms with Crippen LogP contribution in [0.2, 0.25) is 0 Å². The maximum Gasteiger partial charge on any atom is 0.331 e. The van der Waals surface area contributed by atoms with Crippen LogP contribution in [0.5, 0.6) is 0 Å². The second kappa shape index (κ2) is 8.01. The van der Waals surface area contributed by atoms with E-state index in [4.69, 9.17) is 4.74 Å². The highest BCUT2D eigenvalue weighted by Gasteiger charge is 2.52. The summed E-state index contributed by atoms with van der Waals surface area (Å²) >= 11 is 2.09. The van der Waals surface area contributed by atoms with Gasteiger partial charge in [0, 0.05) is 29.7 Å². The van der Waals surface area contributed by atoms with Crippen molar-refractivity contribution in [2.24, 2.45) is 0 Å². The Morgan fingerprint density at radius 2 is 2.12 bits per heavy atom. The van der Waals surface area contributed by atoms with Crippen molar-refractivity contribution in [1.82, 2.24) is 9.80 Å². The van der Waals surface area contributed by atoms with Crippen LogP contribution in [0.15, 0.2) is 11.6 Å². The summed E-state index contributed by atoms with van der Waals surface area (Å²) in [5.41, 5.74) is 0.832. The lowest BCUT2D eigenvalue weighted by Crippen LogP contribution is -2.56. The number of carbonyl (C=O) groups excluding carboxylic acids is 1. The fourth-order valence-corrected chi connectivity index (χ4v) is 6.24. The van der Waals surface area contributed by atoms with Crippen molar-refractivity contribution < 1.29 is 9.53 Å². The molecule has 0 aromatic heterocycles. The number of rotatable bonds is 6. The van der Waals surface area contributed by atoms with Crippen molar-refractivity contribution in [3.63, 3.8) is 0 Å². The highest BCUT2D eigenvalue weighted by molar-refractivity contribution is 8.00. The van der Waals surface area contributed by atoms with Gasteiger partial charge in [0.1, 0.15) is 5.60 Å². The third kappa shape index (κ3) is 3.79. The molecule has 2 saturated heterocycles. The van der Waals surface area contributed by atoms with Crippen LogP contribution in [0, 0.1) is 0 Å². The van der Waals surface area contributed by atoms with Gasteiger partial charge in [-0.05, 0) is 58.3 Å². The van der Waals surface area contributed by atoms with E-state index in [9.17, 15) is 4.79 Å². The normalized spacial score (nSPS) is 35.8. The summed E-state index contributed by atoms with van der Waals surface area (Å²) in [6.45, 7) is 13.5. The molecule has 0 aromatic rings. The molecule has 25 heavy (non-hydrogen) atoms. The number of carbonyl (C=O) groups is 1. The van der Waals surface area contributed by atoms with Crippen molar-refractivity contribution in [2.75, 3.05) is 31.9 Å². The number of nitrogens with zero attached hydrogens (tertiary/aromatic N) is 2. The molecule has 0 amide bonds. The fraction of sp³-hybridized carbons (Fsp3) is 0.850. The monoisotopic (exact) mass is 366 g/mol. The van der Waals surface area contributed by atoms with Gasteiger partial charge in [0.25, 0.3) is 0 Å². The molecule has 5 heteroatoms. The highest BCUT2D eigenvalue weighted by atomic mass is 32.2.